The van der Waals surface area contributed by atoms with Crippen LogP contribution in [0.5, 0.6) is 0 Å². The van der Waals surface area contributed by atoms with Gasteiger partial charge < -0.3 is 5.11 Å². The summed E-state index contributed by atoms with van der Waals surface area (Å²) < 4.78 is 0. The van der Waals surface area contributed by atoms with Crippen LogP contribution in [0.15, 0.2) is 43.0 Å². The maximum absolute atomic E-state index is 11.0. The first-order valence-electron chi connectivity index (χ1n) is 4.61. The van der Waals surface area contributed by atoms with Crippen molar-refractivity contribution in [1.82, 2.24) is 0 Å². The van der Waals surface area contributed by atoms with Gasteiger partial charge in [-0.05, 0) is 28.5 Å². The molecule has 0 saturated carbocycles. The molecule has 0 unspecified atom stereocenters. The van der Waals surface area contributed by atoms with E-state index in [1.807, 2.05) is 30.3 Å². The molecule has 0 spiro atoms. The number of carboxylic acid groups (broad SMARTS) is 1. The highest BCUT2D eigenvalue weighted by Gasteiger charge is 2.08. The number of fused-ring (bicyclic) bond motifs is 1. The van der Waals surface area contributed by atoms with E-state index < -0.39 is 5.97 Å². The largest absolute Gasteiger partial charge is 0.478 e. The summed E-state index contributed by atoms with van der Waals surface area (Å²) in [7, 11) is 0. The Hall–Kier alpha value is -2.09. The second-order valence-corrected chi connectivity index (χ2v) is 3.30. The molecule has 74 valence electrons. The van der Waals surface area contributed by atoms with Crippen molar-refractivity contribution < 1.29 is 9.90 Å². The van der Waals surface area contributed by atoms with Crippen molar-refractivity contribution in [2.24, 2.45) is 0 Å². The normalized spacial score (nSPS) is 10.1. The molecular formula is C13H10O2. The summed E-state index contributed by atoms with van der Waals surface area (Å²) in [5, 5.41) is 10.8. The first-order chi connectivity index (χ1) is 7.22. The van der Waals surface area contributed by atoms with Gasteiger partial charge in [-0.25, -0.2) is 4.79 Å². The second kappa shape index (κ2) is 3.58. The average molecular weight is 198 g/mol. The van der Waals surface area contributed by atoms with Crippen LogP contribution in [-0.2, 0) is 0 Å². The topological polar surface area (TPSA) is 37.3 Å². The first-order valence-corrected chi connectivity index (χ1v) is 4.61. The lowest BCUT2D eigenvalue weighted by Crippen LogP contribution is -1.98. The Morgan fingerprint density at radius 1 is 1.27 bits per heavy atom. The zero-order chi connectivity index (χ0) is 10.8. The van der Waals surface area contributed by atoms with Crippen LogP contribution in [0.25, 0.3) is 16.8 Å². The van der Waals surface area contributed by atoms with Gasteiger partial charge in [-0.15, -0.1) is 0 Å². The summed E-state index contributed by atoms with van der Waals surface area (Å²) in [6.07, 6.45) is 1.65. The van der Waals surface area contributed by atoms with E-state index in [1.54, 1.807) is 12.1 Å². The molecule has 0 aliphatic rings. The SMILES string of the molecule is C=Cc1cc(C(=O)O)c2ccccc2c1. The third-order valence-corrected chi connectivity index (χ3v) is 2.35. The minimum atomic E-state index is -0.907. The Labute approximate surface area is 87.5 Å². The third kappa shape index (κ3) is 1.62. The van der Waals surface area contributed by atoms with E-state index in [-0.39, 0.29) is 0 Å². The highest BCUT2D eigenvalue weighted by Crippen LogP contribution is 2.21. The molecule has 2 nitrogen and oxygen atoms in total. The van der Waals surface area contributed by atoms with Crippen molar-refractivity contribution in [3.63, 3.8) is 0 Å². The Bertz CT molecular complexity index is 541. The summed E-state index contributed by atoms with van der Waals surface area (Å²) in [6, 6.07) is 11.0. The van der Waals surface area contributed by atoms with Crippen LogP contribution in [0.4, 0.5) is 0 Å². The molecule has 0 fully saturated rings. The molecule has 1 N–H and O–H groups in total. The fourth-order valence-electron chi connectivity index (χ4n) is 1.63. The molecule has 0 aliphatic heterocycles. The van der Waals surface area contributed by atoms with Crippen molar-refractivity contribution in [2.45, 2.75) is 0 Å². The number of hydrogen-bond donors (Lipinski definition) is 1. The highest BCUT2D eigenvalue weighted by molar-refractivity contribution is 6.04. The van der Waals surface area contributed by atoms with E-state index in [0.717, 1.165) is 16.3 Å². The van der Waals surface area contributed by atoms with Gasteiger partial charge in [0.05, 0.1) is 5.56 Å². The van der Waals surface area contributed by atoms with Crippen molar-refractivity contribution >= 4 is 22.8 Å². The molecule has 0 aromatic heterocycles. The summed E-state index contributed by atoms with van der Waals surface area (Å²) >= 11 is 0. The lowest BCUT2D eigenvalue weighted by molar-refractivity contribution is 0.0699. The van der Waals surface area contributed by atoms with Crippen molar-refractivity contribution in [1.29, 1.82) is 0 Å². The van der Waals surface area contributed by atoms with E-state index in [2.05, 4.69) is 6.58 Å². The van der Waals surface area contributed by atoms with Gasteiger partial charge in [0.1, 0.15) is 0 Å². The molecule has 0 bridgehead atoms. The van der Waals surface area contributed by atoms with E-state index >= 15 is 0 Å². The van der Waals surface area contributed by atoms with Gasteiger partial charge in [0.25, 0.3) is 0 Å². The smallest absolute Gasteiger partial charge is 0.336 e. The Morgan fingerprint density at radius 3 is 2.67 bits per heavy atom. The predicted molar refractivity (Wildman–Crippen MR) is 61.0 cm³/mol. The maximum Gasteiger partial charge on any atom is 0.336 e. The van der Waals surface area contributed by atoms with Crippen LogP contribution in [-0.4, -0.2) is 11.1 Å². The quantitative estimate of drug-likeness (QED) is 0.804. The zero-order valence-corrected chi connectivity index (χ0v) is 8.10. The van der Waals surface area contributed by atoms with Gasteiger partial charge in [-0.1, -0.05) is 36.9 Å². The average Bonchev–Trinajstić information content (AvgIpc) is 2.27. The Balaban J connectivity index is 2.86. The van der Waals surface area contributed by atoms with Crippen LogP contribution < -0.4 is 0 Å². The van der Waals surface area contributed by atoms with Crippen molar-refractivity contribution in [3.05, 3.63) is 54.1 Å². The lowest BCUT2D eigenvalue weighted by Gasteiger charge is -2.04. The predicted octanol–water partition coefficient (Wildman–Crippen LogP) is 3.18. The van der Waals surface area contributed by atoms with E-state index in [1.165, 1.54) is 0 Å². The Kier molecular flexibility index (Phi) is 2.26. The molecule has 2 aromatic rings. The number of benzene rings is 2. The molecule has 0 aliphatic carbocycles. The van der Waals surface area contributed by atoms with Crippen LogP contribution >= 0.6 is 0 Å². The molecule has 0 heterocycles. The van der Waals surface area contributed by atoms with Crippen LogP contribution in [0, 0.1) is 0 Å². The standard InChI is InChI=1S/C13H10O2/c1-2-9-7-10-5-3-4-6-11(10)12(8-9)13(14)15/h2-8H,1H2,(H,14,15). The monoisotopic (exact) mass is 198 g/mol. The fourth-order valence-corrected chi connectivity index (χ4v) is 1.63. The van der Waals surface area contributed by atoms with E-state index in [4.69, 9.17) is 5.11 Å². The second-order valence-electron chi connectivity index (χ2n) is 3.30. The van der Waals surface area contributed by atoms with Gasteiger partial charge >= 0.3 is 5.97 Å². The maximum atomic E-state index is 11.0. The number of hydrogen-bond acceptors (Lipinski definition) is 1. The van der Waals surface area contributed by atoms with Gasteiger partial charge in [0.15, 0.2) is 0 Å². The van der Waals surface area contributed by atoms with E-state index in [9.17, 15) is 4.79 Å². The molecule has 0 atom stereocenters. The molecular weight excluding hydrogens is 188 g/mol. The minimum Gasteiger partial charge on any atom is -0.478 e. The van der Waals surface area contributed by atoms with E-state index in [0.29, 0.717) is 5.56 Å². The van der Waals surface area contributed by atoms with Gasteiger partial charge in [0, 0.05) is 0 Å². The molecule has 15 heavy (non-hydrogen) atoms. The zero-order valence-electron chi connectivity index (χ0n) is 8.10. The number of carboxylic acids is 1. The first kappa shape index (κ1) is 9.46. The van der Waals surface area contributed by atoms with Crippen LogP contribution in [0.1, 0.15) is 15.9 Å². The van der Waals surface area contributed by atoms with Crippen LogP contribution in [0.2, 0.25) is 0 Å². The summed E-state index contributed by atoms with van der Waals surface area (Å²) in [5.74, 6) is -0.907. The number of aromatic carboxylic acids is 1. The van der Waals surface area contributed by atoms with Gasteiger partial charge in [-0.2, -0.15) is 0 Å². The minimum absolute atomic E-state index is 0.322. The molecule has 0 amide bonds. The van der Waals surface area contributed by atoms with Crippen LogP contribution in [0.3, 0.4) is 0 Å². The van der Waals surface area contributed by atoms with Crippen molar-refractivity contribution in [2.75, 3.05) is 0 Å². The van der Waals surface area contributed by atoms with Gasteiger partial charge in [-0.3, -0.25) is 0 Å². The summed E-state index contributed by atoms with van der Waals surface area (Å²) in [6.45, 7) is 3.65. The molecule has 2 aromatic carbocycles. The molecule has 2 heteroatoms. The molecule has 0 saturated heterocycles. The number of carbonyl (C=O) groups is 1. The molecule has 2 rings (SSSR count). The summed E-state index contributed by atoms with van der Waals surface area (Å²) in [4.78, 5) is 11.0. The number of rotatable bonds is 2. The third-order valence-electron chi connectivity index (χ3n) is 2.35. The fraction of sp³-hybridized carbons (Fsp3) is 0. The highest BCUT2D eigenvalue weighted by atomic mass is 16.4. The Morgan fingerprint density at radius 2 is 2.00 bits per heavy atom. The summed E-state index contributed by atoms with van der Waals surface area (Å²) in [5.41, 5.74) is 1.15. The molecule has 0 radical (unpaired) electrons. The van der Waals surface area contributed by atoms with Gasteiger partial charge in [0.2, 0.25) is 0 Å². The lowest BCUT2D eigenvalue weighted by atomic mass is 10.0. The van der Waals surface area contributed by atoms with Crippen molar-refractivity contribution in [3.8, 4) is 0 Å².